The van der Waals surface area contributed by atoms with Crippen molar-refractivity contribution in [2.75, 3.05) is 0 Å². The van der Waals surface area contributed by atoms with Crippen LogP contribution >= 0.6 is 15.9 Å². The van der Waals surface area contributed by atoms with Crippen molar-refractivity contribution in [2.24, 2.45) is 0 Å². The summed E-state index contributed by atoms with van der Waals surface area (Å²) in [5, 5.41) is 0. The van der Waals surface area contributed by atoms with Crippen molar-refractivity contribution in [1.29, 1.82) is 0 Å². The molecule has 0 aliphatic carbocycles. The Bertz CT molecular complexity index is 267. The molecule has 0 amide bonds. The molecule has 0 N–H and O–H groups in total. The van der Waals surface area contributed by atoms with Crippen molar-refractivity contribution in [3.05, 3.63) is 28.5 Å². The fourth-order valence-corrected chi connectivity index (χ4v) is 1.49. The van der Waals surface area contributed by atoms with Crippen LogP contribution in [0, 0.1) is 0 Å². The van der Waals surface area contributed by atoms with Crippen LogP contribution in [0.1, 0.15) is 32.4 Å². The van der Waals surface area contributed by atoms with Crippen molar-refractivity contribution in [3.63, 3.8) is 0 Å². The average Bonchev–Trinajstić information content (AvgIpc) is 2.18. The third-order valence-electron chi connectivity index (χ3n) is 2.31. The molecule has 0 saturated carbocycles. The number of nitrogens with zero attached hydrogens (tertiary/aromatic N) is 1. The van der Waals surface area contributed by atoms with Gasteiger partial charge in [-0.2, -0.15) is 0 Å². The predicted molar refractivity (Wildman–Crippen MR) is 55.3 cm³/mol. The highest BCUT2D eigenvalue weighted by molar-refractivity contribution is 9.10. The van der Waals surface area contributed by atoms with Crippen molar-refractivity contribution < 1.29 is 4.39 Å². The summed E-state index contributed by atoms with van der Waals surface area (Å²) < 4.78 is 14.9. The first-order chi connectivity index (χ1) is 6.12. The van der Waals surface area contributed by atoms with E-state index in [2.05, 4.69) is 20.9 Å². The Morgan fingerprint density at radius 3 is 2.38 bits per heavy atom. The highest BCUT2D eigenvalue weighted by atomic mass is 79.9. The summed E-state index contributed by atoms with van der Waals surface area (Å²) >= 11 is 3.27. The monoisotopic (exact) mass is 245 g/mol. The van der Waals surface area contributed by atoms with Crippen molar-refractivity contribution in [3.8, 4) is 0 Å². The fraction of sp³-hybridized carbons (Fsp3) is 0.500. The maximum atomic E-state index is 14.0. The minimum atomic E-state index is -1.26. The first-order valence-electron chi connectivity index (χ1n) is 4.43. The van der Waals surface area contributed by atoms with Gasteiger partial charge in [0.05, 0.1) is 5.69 Å². The fourth-order valence-electron chi connectivity index (χ4n) is 1.25. The summed E-state index contributed by atoms with van der Waals surface area (Å²) in [7, 11) is 0. The lowest BCUT2D eigenvalue weighted by Gasteiger charge is -2.21. The Morgan fingerprint density at radius 2 is 2.00 bits per heavy atom. The summed E-state index contributed by atoms with van der Waals surface area (Å²) in [6.45, 7) is 3.68. The second-order valence-electron chi connectivity index (χ2n) is 3.03. The molecule has 1 aromatic rings. The van der Waals surface area contributed by atoms with Crippen LogP contribution in [0.15, 0.2) is 22.8 Å². The van der Waals surface area contributed by atoms with Gasteiger partial charge in [0, 0.05) is 10.7 Å². The van der Waals surface area contributed by atoms with E-state index in [-0.39, 0.29) is 0 Å². The van der Waals surface area contributed by atoms with Gasteiger partial charge in [0.15, 0.2) is 5.67 Å². The molecular weight excluding hydrogens is 233 g/mol. The molecule has 1 rings (SSSR count). The van der Waals surface area contributed by atoms with Crippen molar-refractivity contribution in [2.45, 2.75) is 32.4 Å². The summed E-state index contributed by atoms with van der Waals surface area (Å²) in [6.07, 6.45) is 2.57. The van der Waals surface area contributed by atoms with Crippen LogP contribution in [0.4, 0.5) is 4.39 Å². The van der Waals surface area contributed by atoms with Crippen LogP contribution in [0.3, 0.4) is 0 Å². The van der Waals surface area contributed by atoms with Crippen LogP contribution in [-0.2, 0) is 5.67 Å². The number of alkyl halides is 1. The molecule has 1 aromatic heterocycles. The molecule has 0 radical (unpaired) electrons. The van der Waals surface area contributed by atoms with Crippen LogP contribution in [0.2, 0.25) is 0 Å². The highest BCUT2D eigenvalue weighted by Gasteiger charge is 2.28. The Labute approximate surface area is 86.5 Å². The van der Waals surface area contributed by atoms with Gasteiger partial charge in [0.25, 0.3) is 0 Å². The maximum absolute atomic E-state index is 14.0. The van der Waals surface area contributed by atoms with E-state index in [0.717, 1.165) is 4.47 Å². The molecule has 0 fully saturated rings. The van der Waals surface area contributed by atoms with E-state index in [4.69, 9.17) is 0 Å². The minimum Gasteiger partial charge on any atom is -0.257 e. The molecule has 0 saturated heterocycles. The van der Waals surface area contributed by atoms with E-state index < -0.39 is 5.67 Å². The van der Waals surface area contributed by atoms with Gasteiger partial charge in [-0.15, -0.1) is 0 Å². The SMILES string of the molecule is CCC(F)(CC)c1ccc(Br)cn1. The summed E-state index contributed by atoms with van der Waals surface area (Å²) in [6, 6.07) is 3.55. The van der Waals surface area contributed by atoms with Gasteiger partial charge in [-0.1, -0.05) is 13.8 Å². The van der Waals surface area contributed by atoms with E-state index in [1.54, 1.807) is 12.3 Å². The molecule has 0 aromatic carbocycles. The molecule has 0 aliphatic heterocycles. The third kappa shape index (κ3) is 2.27. The summed E-state index contributed by atoms with van der Waals surface area (Å²) in [4.78, 5) is 4.07. The zero-order chi connectivity index (χ0) is 9.90. The van der Waals surface area contributed by atoms with Crippen LogP contribution in [0.25, 0.3) is 0 Å². The van der Waals surface area contributed by atoms with Gasteiger partial charge in [0.2, 0.25) is 0 Å². The quantitative estimate of drug-likeness (QED) is 0.789. The van der Waals surface area contributed by atoms with E-state index in [1.165, 1.54) is 0 Å². The lowest BCUT2D eigenvalue weighted by atomic mass is 9.95. The largest absolute Gasteiger partial charge is 0.257 e. The molecule has 0 atom stereocenters. The van der Waals surface area contributed by atoms with Gasteiger partial charge in [-0.25, -0.2) is 4.39 Å². The molecule has 72 valence electrons. The Hall–Kier alpha value is -0.440. The zero-order valence-electron chi connectivity index (χ0n) is 7.85. The lowest BCUT2D eigenvalue weighted by Crippen LogP contribution is -2.19. The molecule has 0 aliphatic rings. The second kappa shape index (κ2) is 4.18. The Balaban J connectivity index is 2.99. The van der Waals surface area contributed by atoms with Crippen molar-refractivity contribution in [1.82, 2.24) is 4.98 Å². The molecule has 1 heterocycles. The first-order valence-corrected chi connectivity index (χ1v) is 5.22. The van der Waals surface area contributed by atoms with E-state index in [0.29, 0.717) is 18.5 Å². The molecule has 0 bridgehead atoms. The van der Waals surface area contributed by atoms with E-state index in [9.17, 15) is 4.39 Å². The number of pyridine rings is 1. The second-order valence-corrected chi connectivity index (χ2v) is 3.95. The van der Waals surface area contributed by atoms with E-state index in [1.807, 2.05) is 19.9 Å². The van der Waals surface area contributed by atoms with Gasteiger partial charge in [0.1, 0.15) is 0 Å². The molecule has 1 nitrogen and oxygen atoms in total. The van der Waals surface area contributed by atoms with Crippen molar-refractivity contribution >= 4 is 15.9 Å². The van der Waals surface area contributed by atoms with Crippen LogP contribution < -0.4 is 0 Å². The Kier molecular flexibility index (Phi) is 3.42. The number of rotatable bonds is 3. The average molecular weight is 246 g/mol. The normalized spacial score (nSPS) is 11.7. The molecule has 0 spiro atoms. The maximum Gasteiger partial charge on any atom is 0.152 e. The Morgan fingerprint density at radius 1 is 1.38 bits per heavy atom. The molecule has 0 unspecified atom stereocenters. The third-order valence-corrected chi connectivity index (χ3v) is 2.78. The smallest absolute Gasteiger partial charge is 0.152 e. The number of hydrogen-bond donors (Lipinski definition) is 0. The van der Waals surface area contributed by atoms with Crippen LogP contribution in [-0.4, -0.2) is 4.98 Å². The number of aromatic nitrogens is 1. The standard InChI is InChI=1S/C10H13BrFN/c1-3-10(12,4-2)9-6-5-8(11)7-13-9/h5-7H,3-4H2,1-2H3. The van der Waals surface area contributed by atoms with Gasteiger partial charge in [-0.05, 0) is 40.9 Å². The molecular formula is C10H13BrFN. The van der Waals surface area contributed by atoms with Gasteiger partial charge < -0.3 is 0 Å². The summed E-state index contributed by atoms with van der Waals surface area (Å²) in [5.41, 5.74) is -0.735. The topological polar surface area (TPSA) is 12.9 Å². The minimum absolute atomic E-state index is 0.470. The molecule has 13 heavy (non-hydrogen) atoms. The molecule has 3 heteroatoms. The highest BCUT2D eigenvalue weighted by Crippen LogP contribution is 2.31. The number of hydrogen-bond acceptors (Lipinski definition) is 1. The predicted octanol–water partition coefficient (Wildman–Crippen LogP) is 3.83. The van der Waals surface area contributed by atoms with Crippen LogP contribution in [0.5, 0.6) is 0 Å². The summed E-state index contributed by atoms with van der Waals surface area (Å²) in [5.74, 6) is 0. The zero-order valence-corrected chi connectivity index (χ0v) is 9.44. The number of halogens is 2. The lowest BCUT2D eigenvalue weighted by molar-refractivity contribution is 0.145. The first kappa shape index (κ1) is 10.6. The van der Waals surface area contributed by atoms with Gasteiger partial charge in [-0.3, -0.25) is 4.98 Å². The van der Waals surface area contributed by atoms with E-state index >= 15 is 0 Å². The van der Waals surface area contributed by atoms with Gasteiger partial charge >= 0.3 is 0 Å².